The molecule has 0 amide bonds. The third-order valence-corrected chi connectivity index (χ3v) is 22.5. The number of hydrogen-bond donors (Lipinski definition) is 0. The average molecular weight is 1260 g/mol. The Balaban J connectivity index is 1.43. The maximum atomic E-state index is 8.23. The predicted molar refractivity (Wildman–Crippen MR) is 406 cm³/mol. The Bertz CT molecular complexity index is 2740. The van der Waals surface area contributed by atoms with Crippen LogP contribution in [0.4, 0.5) is 0 Å². The smallest absolute Gasteiger partial charge is 0.139 e. The fourth-order valence-corrected chi connectivity index (χ4v) is 17.2. The van der Waals surface area contributed by atoms with E-state index in [1.54, 1.807) is 0 Å². The zero-order chi connectivity index (χ0) is 64.3. The van der Waals surface area contributed by atoms with Gasteiger partial charge in [-0.15, -0.1) is 0 Å². The van der Waals surface area contributed by atoms with Crippen molar-refractivity contribution in [1.82, 2.24) is 0 Å². The first-order chi connectivity index (χ1) is 45.5. The molecule has 0 aliphatic carbocycles. The summed E-state index contributed by atoms with van der Waals surface area (Å²) >= 11 is 0. The van der Waals surface area contributed by atoms with Gasteiger partial charge in [-0.3, -0.25) is 0 Å². The van der Waals surface area contributed by atoms with E-state index >= 15 is 0 Å². The molecule has 0 unspecified atom stereocenters. The minimum Gasteiger partial charge on any atom is -0.455 e. The molecule has 0 aliphatic rings. The monoisotopic (exact) mass is 1260 g/mol. The van der Waals surface area contributed by atoms with Crippen LogP contribution < -0.4 is 0 Å². The van der Waals surface area contributed by atoms with Crippen LogP contribution in [0.3, 0.4) is 0 Å². The number of hydrogen-bond acceptors (Lipinski definition) is 4. The Morgan fingerprint density at radius 3 is 0.337 bits per heavy atom. The van der Waals surface area contributed by atoms with Crippen molar-refractivity contribution in [2.75, 3.05) is 0 Å². The molecule has 512 valence electrons. The maximum absolute atomic E-state index is 8.23. The highest BCUT2D eigenvalue weighted by molar-refractivity contribution is 6.45. The Morgan fingerprint density at radius 2 is 0.228 bits per heavy atom. The molecular weight excluding hydrogens is 1120 g/mol. The van der Waals surface area contributed by atoms with Gasteiger partial charge in [0.15, 0.2) is 0 Å². The van der Waals surface area contributed by atoms with Crippen LogP contribution in [-0.4, -0.2) is 0 Å². The van der Waals surface area contributed by atoms with Crippen LogP contribution in [0.1, 0.15) is 408 Å². The summed E-state index contributed by atoms with van der Waals surface area (Å²) in [5.74, 6) is 0. The zero-order valence-corrected chi connectivity index (χ0v) is 61.2. The van der Waals surface area contributed by atoms with Crippen molar-refractivity contribution >= 4 is 87.8 Å². The van der Waals surface area contributed by atoms with Crippen molar-refractivity contribution < 1.29 is 17.7 Å². The molecular formula is C88H136O4. The van der Waals surface area contributed by atoms with Gasteiger partial charge in [-0.25, -0.2) is 0 Å². The van der Waals surface area contributed by atoms with E-state index in [1.165, 1.54) is 440 Å². The minimum absolute atomic E-state index is 1.04. The second-order valence-corrected chi connectivity index (χ2v) is 30.0. The number of furan rings is 4. The molecule has 0 aliphatic heterocycles. The highest BCUT2D eigenvalue weighted by atomic mass is 16.4. The first kappa shape index (κ1) is 72.4. The minimum atomic E-state index is 1.04. The fourth-order valence-electron chi connectivity index (χ4n) is 17.2. The summed E-state index contributed by atoms with van der Waals surface area (Å²) in [6.45, 7) is 18.9. The van der Waals surface area contributed by atoms with Crippen LogP contribution in [0.15, 0.2) is 17.7 Å². The van der Waals surface area contributed by atoms with Gasteiger partial charge < -0.3 is 17.7 Å². The van der Waals surface area contributed by atoms with E-state index < -0.39 is 0 Å². The van der Waals surface area contributed by atoms with Crippen molar-refractivity contribution in [3.8, 4) is 0 Å². The first-order valence-electron chi connectivity index (χ1n) is 41.1. The van der Waals surface area contributed by atoms with Crippen molar-refractivity contribution in [2.24, 2.45) is 0 Å². The molecule has 92 heavy (non-hydrogen) atoms. The van der Waals surface area contributed by atoms with E-state index in [-0.39, 0.29) is 0 Å². The maximum Gasteiger partial charge on any atom is 0.139 e. The molecule has 0 saturated carbocycles. The topological polar surface area (TPSA) is 52.6 Å². The lowest BCUT2D eigenvalue weighted by Gasteiger charge is -2.15. The molecule has 4 heteroatoms. The van der Waals surface area contributed by atoms with E-state index in [1.807, 2.05) is 0 Å². The van der Waals surface area contributed by atoms with Crippen LogP contribution in [0.2, 0.25) is 0 Å². The molecule has 9 aromatic rings. The van der Waals surface area contributed by atoms with Gasteiger partial charge in [0.1, 0.15) is 44.7 Å². The summed E-state index contributed by atoms with van der Waals surface area (Å²) in [7, 11) is 0. The van der Waals surface area contributed by atoms with Crippen LogP contribution in [0.25, 0.3) is 87.8 Å². The standard InChI is InChI=1S/C88H136O4/c1-9-17-25-33-41-49-57-65-66(58-50-42-34-26-18-10-2)82-74-73-75-77-79-80-78-76(74)84(90-82)69(61-53-45-37-29-21-13-5)70(62-54-46-38-30-22-14-6)86(78)92-88(80)72(64-56-48-40-32-24-16-8)71(63-55-47-39-31-23-15-7)87(79)91-85(77)68(60-52-44-36-28-20-12-4)67(83(75)89-81(65)73)59-51-43-35-27-19-11-3/h9-64H2,1-8H3. The van der Waals surface area contributed by atoms with Crippen molar-refractivity contribution in [3.63, 3.8) is 0 Å². The number of unbranched alkanes of at least 4 members (excludes halogenated alkanes) is 40. The van der Waals surface area contributed by atoms with Crippen LogP contribution >= 0.6 is 0 Å². The molecule has 4 aromatic heterocycles. The SMILES string of the molecule is CCCCCCCCc1c(CCCCCCCC)c2oc3c(CCCCCCCC)c(CCCCCCCC)c4oc5c(CCCCCCCC)c(CCCCCCCC)c6oc7c(CCCCCCCC)c(CCCCCCCC)c8oc1c1c8c7c6c5c4c3c21. The van der Waals surface area contributed by atoms with Gasteiger partial charge in [0.05, 0.1) is 0 Å². The lowest BCUT2D eigenvalue weighted by atomic mass is 9.84. The van der Waals surface area contributed by atoms with Gasteiger partial charge in [-0.1, -0.05) is 312 Å². The second kappa shape index (κ2) is 39.3. The van der Waals surface area contributed by atoms with Crippen LogP contribution in [-0.2, 0) is 51.4 Å². The Hall–Kier alpha value is -3.92. The molecule has 0 bridgehead atoms. The van der Waals surface area contributed by atoms with Crippen molar-refractivity contribution in [1.29, 1.82) is 0 Å². The lowest BCUT2D eigenvalue weighted by Crippen LogP contribution is -1.99. The number of aryl methyl sites for hydroxylation is 8. The quantitative estimate of drug-likeness (QED) is 0.0357. The Morgan fingerprint density at radius 1 is 0.130 bits per heavy atom. The number of rotatable bonds is 56. The molecule has 0 spiro atoms. The van der Waals surface area contributed by atoms with Gasteiger partial charge in [0, 0.05) is 87.6 Å². The zero-order valence-electron chi connectivity index (χ0n) is 61.2. The van der Waals surface area contributed by atoms with E-state index in [0.29, 0.717) is 0 Å². The molecule has 0 N–H and O–H groups in total. The average Bonchev–Trinajstić information content (AvgIpc) is 1.49. The van der Waals surface area contributed by atoms with Crippen molar-refractivity contribution in [2.45, 2.75) is 415 Å². The fraction of sp³-hybridized carbons (Fsp3) is 0.727. The molecule has 4 nitrogen and oxygen atoms in total. The van der Waals surface area contributed by atoms with Crippen molar-refractivity contribution in [3.05, 3.63) is 44.5 Å². The molecule has 0 saturated heterocycles. The van der Waals surface area contributed by atoms with E-state index in [4.69, 9.17) is 17.7 Å². The molecule has 5 aromatic carbocycles. The molecule has 0 fully saturated rings. The predicted octanol–water partition coefficient (Wildman–Crippen LogP) is 30.8. The highest BCUT2D eigenvalue weighted by Crippen LogP contribution is 2.58. The van der Waals surface area contributed by atoms with Gasteiger partial charge >= 0.3 is 0 Å². The number of benzene rings is 4. The molecule has 4 heterocycles. The van der Waals surface area contributed by atoms with E-state index in [0.717, 1.165) is 51.4 Å². The lowest BCUT2D eigenvalue weighted by molar-refractivity contribution is 0.582. The summed E-state index contributed by atoms with van der Waals surface area (Å²) in [5.41, 5.74) is 21.3. The summed E-state index contributed by atoms with van der Waals surface area (Å²) in [6.07, 6.45) is 70.1. The van der Waals surface area contributed by atoms with Crippen LogP contribution in [0.5, 0.6) is 0 Å². The summed E-state index contributed by atoms with van der Waals surface area (Å²) < 4.78 is 32.9. The van der Waals surface area contributed by atoms with Gasteiger partial charge in [-0.2, -0.15) is 0 Å². The van der Waals surface area contributed by atoms with Crippen LogP contribution in [0, 0.1) is 0 Å². The third-order valence-electron chi connectivity index (χ3n) is 22.5. The normalized spacial score (nSPS) is 12.6. The van der Waals surface area contributed by atoms with E-state index in [9.17, 15) is 0 Å². The Labute approximate surface area is 561 Å². The highest BCUT2D eigenvalue weighted by Gasteiger charge is 2.37. The van der Waals surface area contributed by atoms with Gasteiger partial charge in [0.25, 0.3) is 0 Å². The van der Waals surface area contributed by atoms with Gasteiger partial charge in [-0.05, 0) is 103 Å². The largest absolute Gasteiger partial charge is 0.455 e. The summed E-state index contributed by atoms with van der Waals surface area (Å²) in [6, 6.07) is 0. The molecule has 0 atom stereocenters. The second-order valence-electron chi connectivity index (χ2n) is 30.0. The third kappa shape index (κ3) is 17.6. The first-order valence-corrected chi connectivity index (χ1v) is 41.1. The summed E-state index contributed by atoms with van der Waals surface area (Å²) in [5, 5.41) is 10.8. The summed E-state index contributed by atoms with van der Waals surface area (Å²) in [4.78, 5) is 0. The molecule has 0 radical (unpaired) electrons. The molecule has 9 rings (SSSR count). The van der Waals surface area contributed by atoms with E-state index in [2.05, 4.69) is 55.4 Å². The van der Waals surface area contributed by atoms with Gasteiger partial charge in [0.2, 0.25) is 0 Å². The Kier molecular flexibility index (Phi) is 30.9.